The summed E-state index contributed by atoms with van der Waals surface area (Å²) in [5, 5.41) is 1.44. The molecule has 154 valence electrons. The van der Waals surface area contributed by atoms with Crippen LogP contribution in [0.1, 0.15) is 70.7 Å². The van der Waals surface area contributed by atoms with E-state index in [1.165, 1.54) is 5.01 Å². The Kier molecular flexibility index (Phi) is 5.69. The smallest absolute Gasteiger partial charge is 0.272 e. The van der Waals surface area contributed by atoms with Gasteiger partial charge < -0.3 is 4.74 Å². The number of nitrogens with one attached hydrogen (secondary N) is 1. The Labute approximate surface area is 173 Å². The van der Waals surface area contributed by atoms with E-state index in [1.54, 1.807) is 6.07 Å². The molecule has 0 atom stereocenters. The lowest BCUT2D eigenvalue weighted by Crippen LogP contribution is -2.56. The van der Waals surface area contributed by atoms with Crippen LogP contribution >= 0.6 is 0 Å². The number of benzene rings is 2. The van der Waals surface area contributed by atoms with E-state index in [4.69, 9.17) is 4.74 Å². The van der Waals surface area contributed by atoms with Gasteiger partial charge in [-0.2, -0.15) is 0 Å². The molecule has 1 aliphatic rings. The highest BCUT2D eigenvalue weighted by atomic mass is 16.5. The van der Waals surface area contributed by atoms with Crippen molar-refractivity contribution in [3.8, 4) is 5.75 Å². The van der Waals surface area contributed by atoms with E-state index in [-0.39, 0.29) is 11.8 Å². The van der Waals surface area contributed by atoms with Gasteiger partial charge in [-0.15, -0.1) is 0 Å². The Balaban J connectivity index is 1.94. The van der Waals surface area contributed by atoms with Crippen LogP contribution in [0.15, 0.2) is 30.3 Å². The number of ether oxygens (including phenoxy) is 1. The molecule has 0 aliphatic carbocycles. The number of nitrogens with zero attached hydrogens (tertiary/aromatic N) is 1. The number of fused-ring (bicyclic) bond motifs is 1. The van der Waals surface area contributed by atoms with Gasteiger partial charge in [-0.3, -0.25) is 15.0 Å². The van der Waals surface area contributed by atoms with Gasteiger partial charge in [-0.25, -0.2) is 5.01 Å². The molecule has 0 radical (unpaired) electrons. The molecule has 5 nitrogen and oxygen atoms in total. The van der Waals surface area contributed by atoms with E-state index < -0.39 is 5.54 Å². The van der Waals surface area contributed by atoms with E-state index >= 15 is 0 Å². The second kappa shape index (κ2) is 7.90. The van der Waals surface area contributed by atoms with Crippen molar-refractivity contribution >= 4 is 11.8 Å². The van der Waals surface area contributed by atoms with Gasteiger partial charge in [0.25, 0.3) is 11.8 Å². The Morgan fingerprint density at radius 2 is 1.76 bits per heavy atom. The number of hydrogen-bond acceptors (Lipinski definition) is 3. The van der Waals surface area contributed by atoms with E-state index in [0.29, 0.717) is 17.7 Å². The number of hydrogen-bond donors (Lipinski definition) is 1. The number of carbonyl (C=O) groups is 2. The maximum Gasteiger partial charge on any atom is 0.272 e. The van der Waals surface area contributed by atoms with Crippen molar-refractivity contribution in [2.45, 2.75) is 59.9 Å². The minimum Gasteiger partial charge on any atom is -0.493 e. The minimum atomic E-state index is -0.587. The molecule has 0 bridgehead atoms. The topological polar surface area (TPSA) is 58.6 Å². The van der Waals surface area contributed by atoms with Crippen LogP contribution in [0.4, 0.5) is 0 Å². The van der Waals surface area contributed by atoms with Gasteiger partial charge in [-0.05, 0) is 70.9 Å². The molecule has 1 aliphatic heterocycles. The van der Waals surface area contributed by atoms with Crippen LogP contribution in [-0.2, 0) is 12.8 Å². The maximum atomic E-state index is 13.3. The van der Waals surface area contributed by atoms with E-state index in [0.717, 1.165) is 40.8 Å². The summed E-state index contributed by atoms with van der Waals surface area (Å²) in [6.45, 7) is 12.3. The molecule has 29 heavy (non-hydrogen) atoms. The normalized spacial score (nSPS) is 12.9. The van der Waals surface area contributed by atoms with Crippen LogP contribution in [0.2, 0.25) is 0 Å². The third-order valence-corrected chi connectivity index (χ3v) is 5.15. The van der Waals surface area contributed by atoms with Crippen molar-refractivity contribution in [1.29, 1.82) is 0 Å². The number of aryl methyl sites for hydroxylation is 2. The molecular weight excluding hydrogens is 364 g/mol. The lowest BCUT2D eigenvalue weighted by atomic mass is 9.96. The van der Waals surface area contributed by atoms with E-state index in [2.05, 4.69) is 5.43 Å². The SMILES string of the molecule is CCc1c(C(=O)NN(C(=O)c2cc(C)cc(C)c2)C(C)(C)C)ccc2c1CCO2. The lowest BCUT2D eigenvalue weighted by molar-refractivity contribution is 0.0358. The highest BCUT2D eigenvalue weighted by molar-refractivity contribution is 6.00. The average Bonchev–Trinajstić information content (AvgIpc) is 3.11. The molecule has 1 N–H and O–H groups in total. The molecule has 0 fully saturated rings. The number of amides is 2. The second-order valence-electron chi connectivity index (χ2n) is 8.65. The first-order valence-corrected chi connectivity index (χ1v) is 10.1. The summed E-state index contributed by atoms with van der Waals surface area (Å²) in [4.78, 5) is 26.5. The average molecular weight is 395 g/mol. The van der Waals surface area contributed by atoms with Crippen molar-refractivity contribution in [3.05, 3.63) is 63.7 Å². The van der Waals surface area contributed by atoms with Crippen LogP contribution in [0.25, 0.3) is 0 Å². The zero-order valence-electron chi connectivity index (χ0n) is 18.2. The first kappa shape index (κ1) is 20.9. The lowest BCUT2D eigenvalue weighted by Gasteiger charge is -2.36. The quantitative estimate of drug-likeness (QED) is 0.786. The highest BCUT2D eigenvalue weighted by Crippen LogP contribution is 2.31. The molecule has 2 aromatic carbocycles. The predicted octanol–water partition coefficient (Wildman–Crippen LogP) is 4.39. The first-order chi connectivity index (χ1) is 13.6. The van der Waals surface area contributed by atoms with Gasteiger partial charge >= 0.3 is 0 Å². The molecule has 0 saturated heterocycles. The first-order valence-electron chi connectivity index (χ1n) is 10.1. The van der Waals surface area contributed by atoms with Crippen LogP contribution in [0.5, 0.6) is 5.75 Å². The number of hydrazine groups is 1. The van der Waals surface area contributed by atoms with Crippen molar-refractivity contribution in [3.63, 3.8) is 0 Å². The van der Waals surface area contributed by atoms with Crippen molar-refractivity contribution < 1.29 is 14.3 Å². The molecule has 0 spiro atoms. The Hall–Kier alpha value is -2.82. The summed E-state index contributed by atoms with van der Waals surface area (Å²) in [5.74, 6) is 0.363. The van der Waals surface area contributed by atoms with Crippen LogP contribution in [-0.4, -0.2) is 29.0 Å². The second-order valence-corrected chi connectivity index (χ2v) is 8.65. The van der Waals surface area contributed by atoms with Crippen molar-refractivity contribution in [1.82, 2.24) is 10.4 Å². The standard InChI is InChI=1S/C24H30N2O3/c1-7-18-19-10-11-29-21(19)9-8-20(18)22(27)25-26(24(4,5)6)23(28)17-13-15(2)12-16(3)14-17/h8-9,12-14H,7,10-11H2,1-6H3,(H,25,27). The van der Waals surface area contributed by atoms with Crippen LogP contribution in [0, 0.1) is 13.8 Å². The van der Waals surface area contributed by atoms with Gasteiger partial charge in [-0.1, -0.05) is 24.1 Å². The number of carbonyl (C=O) groups excluding carboxylic acids is 2. The largest absolute Gasteiger partial charge is 0.493 e. The zero-order chi connectivity index (χ0) is 21.3. The van der Waals surface area contributed by atoms with E-state index in [9.17, 15) is 9.59 Å². The molecule has 3 rings (SSSR count). The monoisotopic (exact) mass is 394 g/mol. The molecule has 2 aromatic rings. The van der Waals surface area contributed by atoms with Gasteiger partial charge in [0.15, 0.2) is 0 Å². The fourth-order valence-corrected chi connectivity index (χ4v) is 3.87. The van der Waals surface area contributed by atoms with Gasteiger partial charge in [0, 0.05) is 23.1 Å². The molecule has 2 amide bonds. The third kappa shape index (κ3) is 4.29. The molecule has 0 aromatic heterocycles. The van der Waals surface area contributed by atoms with Crippen LogP contribution in [0.3, 0.4) is 0 Å². The minimum absolute atomic E-state index is 0.222. The summed E-state index contributed by atoms with van der Waals surface area (Å²) >= 11 is 0. The fraction of sp³-hybridized carbons (Fsp3) is 0.417. The summed E-state index contributed by atoms with van der Waals surface area (Å²) in [7, 11) is 0. The molecule has 5 heteroatoms. The molecule has 1 heterocycles. The summed E-state index contributed by atoms with van der Waals surface area (Å²) in [6.07, 6.45) is 1.54. The van der Waals surface area contributed by atoms with Crippen molar-refractivity contribution in [2.24, 2.45) is 0 Å². The summed E-state index contributed by atoms with van der Waals surface area (Å²) < 4.78 is 5.63. The summed E-state index contributed by atoms with van der Waals surface area (Å²) in [5.41, 5.74) is 7.58. The molecular formula is C24H30N2O3. The van der Waals surface area contributed by atoms with Crippen LogP contribution < -0.4 is 10.2 Å². The van der Waals surface area contributed by atoms with Gasteiger partial charge in [0.05, 0.1) is 12.1 Å². The highest BCUT2D eigenvalue weighted by Gasteiger charge is 2.31. The third-order valence-electron chi connectivity index (χ3n) is 5.15. The van der Waals surface area contributed by atoms with Crippen molar-refractivity contribution in [2.75, 3.05) is 6.61 Å². The summed E-state index contributed by atoms with van der Waals surface area (Å²) in [6, 6.07) is 9.37. The maximum absolute atomic E-state index is 13.3. The Morgan fingerprint density at radius 3 is 2.34 bits per heavy atom. The molecule has 0 saturated carbocycles. The Morgan fingerprint density at radius 1 is 1.10 bits per heavy atom. The van der Waals surface area contributed by atoms with Gasteiger partial charge in [0.1, 0.15) is 5.75 Å². The van der Waals surface area contributed by atoms with E-state index in [1.807, 2.05) is 65.8 Å². The predicted molar refractivity (Wildman–Crippen MR) is 114 cm³/mol. The zero-order valence-corrected chi connectivity index (χ0v) is 18.2. The van der Waals surface area contributed by atoms with Gasteiger partial charge in [0.2, 0.25) is 0 Å². The number of rotatable bonds is 3. The Bertz CT molecular complexity index is 937. The fourth-order valence-electron chi connectivity index (χ4n) is 3.87. The molecule has 0 unspecified atom stereocenters.